The van der Waals surface area contributed by atoms with E-state index in [1.807, 2.05) is 44.2 Å². The molecule has 0 fully saturated rings. The molecule has 2 aromatic rings. The third-order valence-corrected chi connectivity index (χ3v) is 3.56. The average Bonchev–Trinajstić information content (AvgIpc) is 2.51. The van der Waals surface area contributed by atoms with Crippen molar-refractivity contribution in [1.29, 1.82) is 0 Å². The SMILES string of the molecule is CCOc1ccc(O)c(CNCC(O)c2ccccc2C)c1. The highest BCUT2D eigenvalue weighted by molar-refractivity contribution is 5.39. The third kappa shape index (κ3) is 4.23. The van der Waals surface area contributed by atoms with Gasteiger partial charge < -0.3 is 20.3 Å². The van der Waals surface area contributed by atoms with Crippen molar-refractivity contribution in [3.63, 3.8) is 0 Å². The van der Waals surface area contributed by atoms with Crippen molar-refractivity contribution in [1.82, 2.24) is 5.32 Å². The van der Waals surface area contributed by atoms with Crippen molar-refractivity contribution < 1.29 is 14.9 Å². The van der Waals surface area contributed by atoms with Gasteiger partial charge in [0.2, 0.25) is 0 Å². The molecule has 2 rings (SSSR count). The van der Waals surface area contributed by atoms with E-state index in [1.54, 1.807) is 12.1 Å². The van der Waals surface area contributed by atoms with E-state index in [-0.39, 0.29) is 5.75 Å². The summed E-state index contributed by atoms with van der Waals surface area (Å²) in [6.07, 6.45) is -0.571. The minimum atomic E-state index is -0.571. The number of rotatable bonds is 7. The average molecular weight is 301 g/mol. The van der Waals surface area contributed by atoms with Gasteiger partial charge in [0.25, 0.3) is 0 Å². The molecule has 2 aromatic carbocycles. The maximum Gasteiger partial charge on any atom is 0.120 e. The zero-order valence-electron chi connectivity index (χ0n) is 13.0. The van der Waals surface area contributed by atoms with Crippen LogP contribution in [0, 0.1) is 6.92 Å². The molecule has 1 unspecified atom stereocenters. The van der Waals surface area contributed by atoms with Crippen LogP contribution >= 0.6 is 0 Å². The molecular formula is C18H23NO3. The van der Waals surface area contributed by atoms with E-state index in [9.17, 15) is 10.2 Å². The van der Waals surface area contributed by atoms with E-state index >= 15 is 0 Å². The summed E-state index contributed by atoms with van der Waals surface area (Å²) in [5.74, 6) is 0.956. The number of nitrogens with one attached hydrogen (secondary N) is 1. The standard InChI is InChI=1S/C18H23NO3/c1-3-22-15-8-9-17(20)14(10-15)11-19-12-18(21)16-7-5-4-6-13(16)2/h4-10,18-21H,3,11-12H2,1-2H3. The number of hydrogen-bond acceptors (Lipinski definition) is 4. The van der Waals surface area contributed by atoms with Crippen LogP contribution in [0.15, 0.2) is 42.5 Å². The normalized spacial score (nSPS) is 12.1. The zero-order chi connectivity index (χ0) is 15.9. The molecule has 0 aliphatic heterocycles. The third-order valence-electron chi connectivity index (χ3n) is 3.56. The van der Waals surface area contributed by atoms with Gasteiger partial charge in [-0.2, -0.15) is 0 Å². The summed E-state index contributed by atoms with van der Waals surface area (Å²) < 4.78 is 5.43. The molecule has 0 aliphatic carbocycles. The Morgan fingerprint density at radius 1 is 1.18 bits per heavy atom. The lowest BCUT2D eigenvalue weighted by Crippen LogP contribution is -2.21. The Labute approximate surface area is 131 Å². The minimum absolute atomic E-state index is 0.223. The number of phenolic OH excluding ortho intramolecular Hbond substituents is 1. The van der Waals surface area contributed by atoms with E-state index < -0.39 is 6.10 Å². The van der Waals surface area contributed by atoms with Crippen LogP contribution < -0.4 is 10.1 Å². The molecular weight excluding hydrogens is 278 g/mol. The number of phenols is 1. The predicted molar refractivity (Wildman–Crippen MR) is 87.1 cm³/mol. The summed E-state index contributed by atoms with van der Waals surface area (Å²) in [5, 5.41) is 23.3. The highest BCUT2D eigenvalue weighted by atomic mass is 16.5. The smallest absolute Gasteiger partial charge is 0.120 e. The number of aliphatic hydroxyl groups is 1. The summed E-state index contributed by atoms with van der Waals surface area (Å²) in [7, 11) is 0. The van der Waals surface area contributed by atoms with Crippen LogP contribution in [-0.2, 0) is 6.54 Å². The molecule has 1 atom stereocenters. The van der Waals surface area contributed by atoms with Crippen LogP contribution in [0.2, 0.25) is 0 Å². The minimum Gasteiger partial charge on any atom is -0.508 e. The van der Waals surface area contributed by atoms with Crippen molar-refractivity contribution in [3.05, 3.63) is 59.2 Å². The summed E-state index contributed by atoms with van der Waals surface area (Å²) in [5.41, 5.74) is 2.74. The first-order valence-corrected chi connectivity index (χ1v) is 7.50. The maximum atomic E-state index is 10.2. The fourth-order valence-corrected chi connectivity index (χ4v) is 2.37. The summed E-state index contributed by atoms with van der Waals surface area (Å²) in [4.78, 5) is 0. The number of benzene rings is 2. The lowest BCUT2D eigenvalue weighted by Gasteiger charge is -2.15. The predicted octanol–water partition coefficient (Wildman–Crippen LogP) is 2.92. The van der Waals surface area contributed by atoms with Gasteiger partial charge in [-0.05, 0) is 43.2 Å². The van der Waals surface area contributed by atoms with Crippen LogP contribution in [0.3, 0.4) is 0 Å². The first kappa shape index (κ1) is 16.3. The number of ether oxygens (including phenoxy) is 1. The van der Waals surface area contributed by atoms with Crippen LogP contribution in [0.25, 0.3) is 0 Å². The van der Waals surface area contributed by atoms with Gasteiger partial charge in [0.15, 0.2) is 0 Å². The molecule has 0 bridgehead atoms. The van der Waals surface area contributed by atoms with Gasteiger partial charge in [-0.1, -0.05) is 24.3 Å². The fraction of sp³-hybridized carbons (Fsp3) is 0.333. The van der Waals surface area contributed by atoms with Gasteiger partial charge in [-0.25, -0.2) is 0 Å². The first-order chi connectivity index (χ1) is 10.6. The van der Waals surface area contributed by atoms with Crippen molar-refractivity contribution in [2.45, 2.75) is 26.5 Å². The Hall–Kier alpha value is -2.04. The van der Waals surface area contributed by atoms with E-state index in [0.29, 0.717) is 19.7 Å². The largest absolute Gasteiger partial charge is 0.508 e. The van der Waals surface area contributed by atoms with Crippen molar-refractivity contribution in [2.75, 3.05) is 13.2 Å². The summed E-state index contributed by atoms with van der Waals surface area (Å²) in [6, 6.07) is 13.0. The first-order valence-electron chi connectivity index (χ1n) is 7.50. The second kappa shape index (κ2) is 7.82. The highest BCUT2D eigenvalue weighted by Gasteiger charge is 2.10. The van der Waals surface area contributed by atoms with Gasteiger partial charge in [-0.15, -0.1) is 0 Å². The van der Waals surface area contributed by atoms with E-state index in [1.165, 1.54) is 0 Å². The molecule has 0 aliphatic rings. The number of aliphatic hydroxyl groups excluding tert-OH is 1. The van der Waals surface area contributed by atoms with Gasteiger partial charge in [-0.3, -0.25) is 0 Å². The number of aromatic hydroxyl groups is 1. The Morgan fingerprint density at radius 3 is 2.68 bits per heavy atom. The lowest BCUT2D eigenvalue weighted by molar-refractivity contribution is 0.173. The Kier molecular flexibility index (Phi) is 5.81. The topological polar surface area (TPSA) is 61.7 Å². The lowest BCUT2D eigenvalue weighted by atomic mass is 10.0. The zero-order valence-corrected chi connectivity index (χ0v) is 13.0. The molecule has 0 heterocycles. The highest BCUT2D eigenvalue weighted by Crippen LogP contribution is 2.23. The molecule has 0 saturated carbocycles. The fourth-order valence-electron chi connectivity index (χ4n) is 2.37. The van der Waals surface area contributed by atoms with Crippen molar-refractivity contribution in [2.24, 2.45) is 0 Å². The van der Waals surface area contributed by atoms with E-state index in [0.717, 1.165) is 22.4 Å². The quantitative estimate of drug-likeness (QED) is 0.736. The van der Waals surface area contributed by atoms with Crippen molar-refractivity contribution >= 4 is 0 Å². The second-order valence-corrected chi connectivity index (χ2v) is 5.23. The molecule has 3 N–H and O–H groups in total. The molecule has 4 heteroatoms. The van der Waals surface area contributed by atoms with Gasteiger partial charge in [0.1, 0.15) is 11.5 Å². The van der Waals surface area contributed by atoms with Gasteiger partial charge >= 0.3 is 0 Å². The molecule has 4 nitrogen and oxygen atoms in total. The molecule has 0 spiro atoms. The van der Waals surface area contributed by atoms with E-state index in [2.05, 4.69) is 5.32 Å². The van der Waals surface area contributed by atoms with Crippen LogP contribution in [0.5, 0.6) is 11.5 Å². The molecule has 0 radical (unpaired) electrons. The Morgan fingerprint density at radius 2 is 1.95 bits per heavy atom. The van der Waals surface area contributed by atoms with Crippen LogP contribution in [0.4, 0.5) is 0 Å². The van der Waals surface area contributed by atoms with Crippen molar-refractivity contribution in [3.8, 4) is 11.5 Å². The van der Waals surface area contributed by atoms with Gasteiger partial charge in [0.05, 0.1) is 12.7 Å². The number of aryl methyl sites for hydroxylation is 1. The molecule has 22 heavy (non-hydrogen) atoms. The van der Waals surface area contributed by atoms with Gasteiger partial charge in [0, 0.05) is 18.7 Å². The van der Waals surface area contributed by atoms with Crippen LogP contribution in [0.1, 0.15) is 29.7 Å². The monoisotopic (exact) mass is 301 g/mol. The second-order valence-electron chi connectivity index (χ2n) is 5.23. The molecule has 0 amide bonds. The Bertz CT molecular complexity index is 613. The molecule has 0 aromatic heterocycles. The summed E-state index contributed by atoms with van der Waals surface area (Å²) in [6.45, 7) is 5.38. The van der Waals surface area contributed by atoms with E-state index in [4.69, 9.17) is 4.74 Å². The maximum absolute atomic E-state index is 10.2. The number of hydrogen-bond donors (Lipinski definition) is 3. The molecule has 118 valence electrons. The van der Waals surface area contributed by atoms with Crippen LogP contribution in [-0.4, -0.2) is 23.4 Å². The summed E-state index contributed by atoms with van der Waals surface area (Å²) >= 11 is 0. The molecule has 0 saturated heterocycles. The Balaban J connectivity index is 1.93.